The highest BCUT2D eigenvalue weighted by Gasteiger charge is 2.61. The number of pyridine rings is 1. The third-order valence-electron chi connectivity index (χ3n) is 5.89. The SMILES string of the molecule is CN(Cc1ccccn1)C(=O)[C@@H]1C[C@]12CCN(C(=O)CC1CC1)C2. The number of nitrogens with zero attached hydrogens (tertiary/aromatic N) is 3. The van der Waals surface area contributed by atoms with Crippen molar-refractivity contribution in [1.29, 1.82) is 0 Å². The number of hydrogen-bond donors (Lipinski definition) is 0. The second-order valence-corrected chi connectivity index (χ2v) is 7.85. The van der Waals surface area contributed by atoms with E-state index in [4.69, 9.17) is 0 Å². The van der Waals surface area contributed by atoms with E-state index in [0.29, 0.717) is 24.8 Å². The molecule has 24 heavy (non-hydrogen) atoms. The molecule has 3 aliphatic rings. The molecule has 0 N–H and O–H groups in total. The minimum absolute atomic E-state index is 0.0642. The van der Waals surface area contributed by atoms with Crippen LogP contribution in [0, 0.1) is 17.3 Å². The lowest BCUT2D eigenvalue weighted by molar-refractivity contribution is -0.133. The van der Waals surface area contributed by atoms with E-state index in [1.165, 1.54) is 12.8 Å². The minimum atomic E-state index is 0.0642. The first kappa shape index (κ1) is 15.6. The maximum Gasteiger partial charge on any atom is 0.226 e. The van der Waals surface area contributed by atoms with Gasteiger partial charge in [0.15, 0.2) is 0 Å². The molecule has 1 aromatic heterocycles. The standard InChI is InChI=1S/C19H25N3O2/c1-21(12-15-4-2-3-8-20-15)18(24)16-11-19(16)7-9-22(13-19)17(23)10-14-5-6-14/h2-4,8,14,16H,5-7,9-13H2,1H3/t16-,19-/m0/s1. The fourth-order valence-corrected chi connectivity index (χ4v) is 4.03. The Labute approximate surface area is 143 Å². The first-order chi connectivity index (χ1) is 11.6. The van der Waals surface area contributed by atoms with Crippen LogP contribution >= 0.6 is 0 Å². The number of amides is 2. The van der Waals surface area contributed by atoms with Crippen molar-refractivity contribution in [3.63, 3.8) is 0 Å². The molecule has 2 saturated carbocycles. The summed E-state index contributed by atoms with van der Waals surface area (Å²) in [7, 11) is 1.86. The van der Waals surface area contributed by atoms with Crippen LogP contribution in [0.5, 0.6) is 0 Å². The van der Waals surface area contributed by atoms with Gasteiger partial charge in [-0.3, -0.25) is 14.6 Å². The zero-order valence-electron chi connectivity index (χ0n) is 14.3. The maximum atomic E-state index is 12.7. The van der Waals surface area contributed by atoms with Gasteiger partial charge >= 0.3 is 0 Å². The molecule has 0 unspecified atom stereocenters. The van der Waals surface area contributed by atoms with E-state index in [9.17, 15) is 9.59 Å². The third-order valence-corrected chi connectivity index (χ3v) is 5.89. The molecule has 3 fully saturated rings. The quantitative estimate of drug-likeness (QED) is 0.832. The van der Waals surface area contributed by atoms with Crippen LogP contribution in [0.3, 0.4) is 0 Å². The maximum absolute atomic E-state index is 12.7. The molecule has 5 nitrogen and oxygen atoms in total. The lowest BCUT2D eigenvalue weighted by atomic mass is 10.0. The summed E-state index contributed by atoms with van der Waals surface area (Å²) < 4.78 is 0. The van der Waals surface area contributed by atoms with E-state index in [1.807, 2.05) is 30.1 Å². The highest BCUT2D eigenvalue weighted by Crippen LogP contribution is 2.59. The molecule has 2 aliphatic carbocycles. The Bertz CT molecular complexity index is 643. The molecule has 1 spiro atoms. The predicted molar refractivity (Wildman–Crippen MR) is 89.8 cm³/mol. The van der Waals surface area contributed by atoms with Crippen LogP contribution in [0.1, 0.15) is 37.8 Å². The van der Waals surface area contributed by atoms with E-state index < -0.39 is 0 Å². The van der Waals surface area contributed by atoms with Crippen molar-refractivity contribution >= 4 is 11.8 Å². The number of carbonyl (C=O) groups excluding carboxylic acids is 2. The molecule has 0 aromatic carbocycles. The van der Waals surface area contributed by atoms with Crippen molar-refractivity contribution in [1.82, 2.24) is 14.8 Å². The van der Waals surface area contributed by atoms with E-state index in [-0.39, 0.29) is 17.2 Å². The van der Waals surface area contributed by atoms with Gasteiger partial charge in [-0.05, 0) is 43.7 Å². The molecule has 1 saturated heterocycles. The van der Waals surface area contributed by atoms with Crippen LogP contribution in [0.2, 0.25) is 0 Å². The van der Waals surface area contributed by atoms with E-state index in [2.05, 4.69) is 4.98 Å². The number of likely N-dealkylation sites (tertiary alicyclic amines) is 1. The Balaban J connectivity index is 1.32. The number of carbonyl (C=O) groups is 2. The van der Waals surface area contributed by atoms with Gasteiger partial charge in [-0.1, -0.05) is 6.07 Å². The number of hydrogen-bond acceptors (Lipinski definition) is 3. The van der Waals surface area contributed by atoms with E-state index in [1.54, 1.807) is 11.1 Å². The van der Waals surface area contributed by atoms with Crippen LogP contribution in [-0.4, -0.2) is 46.7 Å². The lowest BCUT2D eigenvalue weighted by Crippen LogP contribution is -2.32. The fourth-order valence-electron chi connectivity index (χ4n) is 4.03. The Morgan fingerprint density at radius 3 is 2.92 bits per heavy atom. The van der Waals surface area contributed by atoms with Crippen molar-refractivity contribution in [2.45, 2.75) is 38.6 Å². The summed E-state index contributed by atoms with van der Waals surface area (Å²) in [5.74, 6) is 1.23. The molecule has 4 rings (SSSR count). The average molecular weight is 327 g/mol. The highest BCUT2D eigenvalue weighted by atomic mass is 16.2. The number of aromatic nitrogens is 1. The van der Waals surface area contributed by atoms with Crippen LogP contribution in [0.4, 0.5) is 0 Å². The minimum Gasteiger partial charge on any atom is -0.342 e. The molecular formula is C19H25N3O2. The first-order valence-corrected chi connectivity index (χ1v) is 9.00. The Morgan fingerprint density at radius 1 is 1.38 bits per heavy atom. The summed E-state index contributed by atoms with van der Waals surface area (Å²) >= 11 is 0. The van der Waals surface area contributed by atoms with Crippen LogP contribution in [-0.2, 0) is 16.1 Å². The largest absolute Gasteiger partial charge is 0.342 e. The second-order valence-electron chi connectivity index (χ2n) is 7.85. The second kappa shape index (κ2) is 5.87. The van der Waals surface area contributed by atoms with Gasteiger partial charge in [0.25, 0.3) is 0 Å². The van der Waals surface area contributed by atoms with Crippen molar-refractivity contribution in [2.75, 3.05) is 20.1 Å². The number of rotatable bonds is 5. The Kier molecular flexibility index (Phi) is 3.82. The van der Waals surface area contributed by atoms with Crippen LogP contribution < -0.4 is 0 Å². The van der Waals surface area contributed by atoms with Gasteiger partial charge in [0.05, 0.1) is 12.2 Å². The van der Waals surface area contributed by atoms with Crippen molar-refractivity contribution in [2.24, 2.45) is 17.3 Å². The van der Waals surface area contributed by atoms with Gasteiger partial charge in [0.1, 0.15) is 0 Å². The summed E-state index contributed by atoms with van der Waals surface area (Å²) in [6, 6.07) is 5.77. The zero-order chi connectivity index (χ0) is 16.7. The van der Waals surface area contributed by atoms with Crippen LogP contribution in [0.15, 0.2) is 24.4 Å². The molecule has 1 aliphatic heterocycles. The summed E-state index contributed by atoms with van der Waals surface area (Å²) in [6.45, 7) is 2.17. The molecular weight excluding hydrogens is 302 g/mol. The normalized spacial score (nSPS) is 28.2. The summed E-state index contributed by atoms with van der Waals surface area (Å²) in [5.41, 5.74) is 0.977. The average Bonchev–Trinajstić information content (AvgIpc) is 3.46. The van der Waals surface area contributed by atoms with Gasteiger partial charge in [-0.2, -0.15) is 0 Å². The molecule has 1 aromatic rings. The van der Waals surface area contributed by atoms with E-state index >= 15 is 0 Å². The van der Waals surface area contributed by atoms with Gasteiger partial charge in [0, 0.05) is 44.1 Å². The van der Waals surface area contributed by atoms with Crippen molar-refractivity contribution in [3.05, 3.63) is 30.1 Å². The first-order valence-electron chi connectivity index (χ1n) is 9.00. The molecule has 2 amide bonds. The predicted octanol–water partition coefficient (Wildman–Crippen LogP) is 2.08. The van der Waals surface area contributed by atoms with Gasteiger partial charge < -0.3 is 9.80 Å². The van der Waals surface area contributed by atoms with Crippen molar-refractivity contribution < 1.29 is 9.59 Å². The van der Waals surface area contributed by atoms with Gasteiger partial charge in [-0.25, -0.2) is 0 Å². The Hall–Kier alpha value is -1.91. The van der Waals surface area contributed by atoms with Gasteiger partial charge in [0.2, 0.25) is 11.8 Å². The summed E-state index contributed by atoms with van der Waals surface area (Å²) in [4.78, 5) is 33.1. The highest BCUT2D eigenvalue weighted by molar-refractivity contribution is 5.83. The molecule has 5 heteroatoms. The van der Waals surface area contributed by atoms with Gasteiger partial charge in [-0.15, -0.1) is 0 Å². The molecule has 2 atom stereocenters. The van der Waals surface area contributed by atoms with Crippen molar-refractivity contribution in [3.8, 4) is 0 Å². The molecule has 0 bridgehead atoms. The molecule has 128 valence electrons. The summed E-state index contributed by atoms with van der Waals surface area (Å²) in [6.07, 6.45) is 6.82. The Morgan fingerprint density at radius 2 is 2.21 bits per heavy atom. The van der Waals surface area contributed by atoms with E-state index in [0.717, 1.165) is 31.6 Å². The smallest absolute Gasteiger partial charge is 0.226 e. The van der Waals surface area contributed by atoms with Crippen LogP contribution in [0.25, 0.3) is 0 Å². The summed E-state index contributed by atoms with van der Waals surface area (Å²) in [5, 5.41) is 0. The zero-order valence-corrected chi connectivity index (χ0v) is 14.3. The lowest BCUT2D eigenvalue weighted by Gasteiger charge is -2.19. The third kappa shape index (κ3) is 3.04. The monoisotopic (exact) mass is 327 g/mol. The molecule has 2 heterocycles. The topological polar surface area (TPSA) is 53.5 Å². The molecule has 0 radical (unpaired) electrons. The fraction of sp³-hybridized carbons (Fsp3) is 0.632.